The number of hydrogen-bond donors (Lipinski definition) is 3. The number of carboxylic acid groups (broad SMARTS) is 1. The summed E-state index contributed by atoms with van der Waals surface area (Å²) in [5, 5.41) is 20.7. The third kappa shape index (κ3) is 4.91. The Morgan fingerprint density at radius 3 is 2.72 bits per heavy atom. The number of aliphatic hydroxyl groups is 1. The van der Waals surface area contributed by atoms with Crippen molar-refractivity contribution in [2.75, 3.05) is 19.6 Å². The molecule has 0 saturated carbocycles. The molecule has 1 rings (SSSR count). The molecule has 0 spiro atoms. The average molecular weight is 258 g/mol. The van der Waals surface area contributed by atoms with Gasteiger partial charge in [0.1, 0.15) is 0 Å². The van der Waals surface area contributed by atoms with Gasteiger partial charge in [-0.2, -0.15) is 0 Å². The molecule has 0 bridgehead atoms. The molecule has 6 heteroatoms. The number of carboxylic acids is 1. The lowest BCUT2D eigenvalue weighted by Crippen LogP contribution is -2.39. The molecule has 1 fully saturated rings. The zero-order chi connectivity index (χ0) is 13.5. The van der Waals surface area contributed by atoms with Gasteiger partial charge in [0.2, 0.25) is 0 Å². The third-order valence-corrected chi connectivity index (χ3v) is 3.29. The Morgan fingerprint density at radius 1 is 1.44 bits per heavy atom. The van der Waals surface area contributed by atoms with E-state index in [0.29, 0.717) is 32.5 Å². The van der Waals surface area contributed by atoms with Crippen LogP contribution in [0.15, 0.2) is 0 Å². The van der Waals surface area contributed by atoms with Crippen molar-refractivity contribution in [3.05, 3.63) is 0 Å². The molecule has 1 aliphatic heterocycles. The van der Waals surface area contributed by atoms with E-state index in [-0.39, 0.29) is 24.5 Å². The van der Waals surface area contributed by atoms with Gasteiger partial charge in [-0.3, -0.25) is 4.79 Å². The smallest absolute Gasteiger partial charge is 0.317 e. The van der Waals surface area contributed by atoms with Gasteiger partial charge in [0.15, 0.2) is 0 Å². The minimum atomic E-state index is -0.805. The lowest BCUT2D eigenvalue weighted by Gasteiger charge is -2.18. The van der Waals surface area contributed by atoms with Crippen LogP contribution in [0, 0.1) is 5.92 Å². The topological polar surface area (TPSA) is 89.9 Å². The summed E-state index contributed by atoms with van der Waals surface area (Å²) in [5.74, 6) is -0.636. The number of rotatable bonds is 6. The molecule has 104 valence electrons. The zero-order valence-corrected chi connectivity index (χ0v) is 10.8. The van der Waals surface area contributed by atoms with Crippen molar-refractivity contribution in [1.82, 2.24) is 10.2 Å². The summed E-state index contributed by atoms with van der Waals surface area (Å²) in [4.78, 5) is 23.7. The molecule has 18 heavy (non-hydrogen) atoms. The maximum atomic E-state index is 11.7. The molecule has 6 nitrogen and oxygen atoms in total. The van der Waals surface area contributed by atoms with Crippen LogP contribution in [0.3, 0.4) is 0 Å². The number of aliphatic hydroxyl groups excluding tert-OH is 1. The number of nitrogens with one attached hydrogen (secondary N) is 1. The predicted octanol–water partition coefficient (Wildman–Crippen LogP) is 0.654. The first-order valence-corrected chi connectivity index (χ1v) is 6.43. The van der Waals surface area contributed by atoms with E-state index < -0.39 is 5.97 Å². The summed E-state index contributed by atoms with van der Waals surface area (Å²) in [6, 6.07) is -0.117. The highest BCUT2D eigenvalue weighted by molar-refractivity contribution is 5.74. The average Bonchev–Trinajstić information content (AvgIpc) is 2.77. The molecule has 0 aromatic heterocycles. The molecule has 1 aliphatic rings. The van der Waals surface area contributed by atoms with Crippen LogP contribution >= 0.6 is 0 Å². The fourth-order valence-corrected chi connectivity index (χ4v) is 2.07. The van der Waals surface area contributed by atoms with E-state index in [1.165, 1.54) is 0 Å². The first kappa shape index (κ1) is 14.8. The van der Waals surface area contributed by atoms with Crippen molar-refractivity contribution in [3.8, 4) is 0 Å². The Hall–Kier alpha value is -1.30. The van der Waals surface area contributed by atoms with Gasteiger partial charge in [0.05, 0.1) is 6.10 Å². The first-order chi connectivity index (χ1) is 8.50. The van der Waals surface area contributed by atoms with Gasteiger partial charge in [0.25, 0.3) is 0 Å². The molecule has 1 saturated heterocycles. The van der Waals surface area contributed by atoms with Crippen LogP contribution in [0.2, 0.25) is 0 Å². The van der Waals surface area contributed by atoms with Gasteiger partial charge >= 0.3 is 12.0 Å². The van der Waals surface area contributed by atoms with E-state index in [1.807, 2.05) is 0 Å². The van der Waals surface area contributed by atoms with Crippen LogP contribution < -0.4 is 5.32 Å². The van der Waals surface area contributed by atoms with Gasteiger partial charge in [-0.1, -0.05) is 0 Å². The predicted molar refractivity (Wildman–Crippen MR) is 66.2 cm³/mol. The second kappa shape index (κ2) is 7.20. The van der Waals surface area contributed by atoms with E-state index in [0.717, 1.165) is 6.42 Å². The second-order valence-electron chi connectivity index (χ2n) is 4.82. The van der Waals surface area contributed by atoms with Crippen molar-refractivity contribution in [1.29, 1.82) is 0 Å². The summed E-state index contributed by atoms with van der Waals surface area (Å²) in [6.07, 6.45) is 1.85. The molecule has 0 radical (unpaired) electrons. The quantitative estimate of drug-likeness (QED) is 0.610. The number of nitrogens with zero attached hydrogens (tertiary/aromatic N) is 1. The van der Waals surface area contributed by atoms with E-state index >= 15 is 0 Å². The van der Waals surface area contributed by atoms with Crippen molar-refractivity contribution in [3.63, 3.8) is 0 Å². The summed E-state index contributed by atoms with van der Waals surface area (Å²) in [5.41, 5.74) is 0. The SMILES string of the molecule is CC(O)C1CCN(C(=O)NCCCCC(=O)O)C1. The summed E-state index contributed by atoms with van der Waals surface area (Å²) in [6.45, 7) is 3.52. The fourth-order valence-electron chi connectivity index (χ4n) is 2.07. The number of carbonyl (C=O) groups is 2. The lowest BCUT2D eigenvalue weighted by molar-refractivity contribution is -0.137. The van der Waals surface area contributed by atoms with Crippen molar-refractivity contribution >= 4 is 12.0 Å². The zero-order valence-electron chi connectivity index (χ0n) is 10.8. The van der Waals surface area contributed by atoms with E-state index in [4.69, 9.17) is 5.11 Å². The fraction of sp³-hybridized carbons (Fsp3) is 0.833. The molecule has 2 atom stereocenters. The Kier molecular flexibility index (Phi) is 5.91. The van der Waals surface area contributed by atoms with Gasteiger partial charge < -0.3 is 20.4 Å². The summed E-state index contributed by atoms with van der Waals surface area (Å²) >= 11 is 0. The lowest BCUT2D eigenvalue weighted by atomic mass is 10.0. The highest BCUT2D eigenvalue weighted by atomic mass is 16.4. The maximum Gasteiger partial charge on any atom is 0.317 e. The number of urea groups is 1. The van der Waals surface area contributed by atoms with Crippen LogP contribution in [0.4, 0.5) is 4.79 Å². The molecule has 3 N–H and O–H groups in total. The molecule has 2 amide bonds. The normalized spacial score (nSPS) is 20.8. The number of amides is 2. The van der Waals surface area contributed by atoms with Gasteiger partial charge in [-0.25, -0.2) is 4.79 Å². The van der Waals surface area contributed by atoms with Crippen molar-refractivity contribution < 1.29 is 19.8 Å². The molecular weight excluding hydrogens is 236 g/mol. The number of carbonyl (C=O) groups excluding carboxylic acids is 1. The van der Waals surface area contributed by atoms with E-state index in [1.54, 1.807) is 11.8 Å². The Morgan fingerprint density at radius 2 is 2.17 bits per heavy atom. The molecular formula is C12H22N2O4. The Bertz CT molecular complexity index is 294. The summed E-state index contributed by atoms with van der Waals surface area (Å²) in [7, 11) is 0. The maximum absolute atomic E-state index is 11.7. The minimum Gasteiger partial charge on any atom is -0.481 e. The first-order valence-electron chi connectivity index (χ1n) is 6.43. The van der Waals surface area contributed by atoms with Crippen LogP contribution in [-0.4, -0.2) is 52.9 Å². The number of hydrogen-bond acceptors (Lipinski definition) is 3. The van der Waals surface area contributed by atoms with Crippen LogP contribution in [0.1, 0.15) is 32.6 Å². The highest BCUT2D eigenvalue weighted by Gasteiger charge is 2.28. The van der Waals surface area contributed by atoms with E-state index in [9.17, 15) is 14.7 Å². The van der Waals surface area contributed by atoms with Crippen molar-refractivity contribution in [2.45, 2.75) is 38.7 Å². The van der Waals surface area contributed by atoms with Crippen LogP contribution in [0.25, 0.3) is 0 Å². The number of aliphatic carboxylic acids is 1. The van der Waals surface area contributed by atoms with Gasteiger partial charge in [0, 0.05) is 32.0 Å². The Balaban J connectivity index is 2.12. The van der Waals surface area contributed by atoms with E-state index in [2.05, 4.69) is 5.32 Å². The molecule has 2 unspecified atom stereocenters. The largest absolute Gasteiger partial charge is 0.481 e. The summed E-state index contributed by atoms with van der Waals surface area (Å²) < 4.78 is 0. The van der Waals surface area contributed by atoms with Crippen molar-refractivity contribution in [2.24, 2.45) is 5.92 Å². The highest BCUT2D eigenvalue weighted by Crippen LogP contribution is 2.19. The monoisotopic (exact) mass is 258 g/mol. The van der Waals surface area contributed by atoms with Crippen LogP contribution in [-0.2, 0) is 4.79 Å². The standard InChI is InChI=1S/C12H22N2O4/c1-9(15)10-5-7-14(8-10)12(18)13-6-3-2-4-11(16)17/h9-10,15H,2-8H2,1H3,(H,13,18)(H,16,17). The van der Waals surface area contributed by atoms with Gasteiger partial charge in [-0.05, 0) is 26.2 Å². The molecule has 0 aliphatic carbocycles. The minimum absolute atomic E-state index is 0.117. The molecule has 0 aromatic rings. The molecule has 0 aromatic carbocycles. The third-order valence-electron chi connectivity index (χ3n) is 3.29. The number of unbranched alkanes of at least 4 members (excludes halogenated alkanes) is 1. The second-order valence-corrected chi connectivity index (χ2v) is 4.82. The number of likely N-dealkylation sites (tertiary alicyclic amines) is 1. The Labute approximate surface area is 107 Å². The molecule has 1 heterocycles. The van der Waals surface area contributed by atoms with Crippen LogP contribution in [0.5, 0.6) is 0 Å². The van der Waals surface area contributed by atoms with Gasteiger partial charge in [-0.15, -0.1) is 0 Å².